The van der Waals surface area contributed by atoms with E-state index in [0.717, 1.165) is 0 Å². The minimum Gasteiger partial charge on any atom is -0.478 e. The Hall–Kier alpha value is -1.68. The van der Waals surface area contributed by atoms with Crippen molar-refractivity contribution in [1.82, 2.24) is 0 Å². The van der Waals surface area contributed by atoms with Crippen molar-refractivity contribution in [3.05, 3.63) is 29.1 Å². The third-order valence-corrected chi connectivity index (χ3v) is 2.84. The van der Waals surface area contributed by atoms with Gasteiger partial charge in [0.1, 0.15) is 10.7 Å². The van der Waals surface area contributed by atoms with Gasteiger partial charge in [-0.25, -0.2) is 22.7 Å². The summed E-state index contributed by atoms with van der Waals surface area (Å²) in [5.74, 6) is -3.82. The van der Waals surface area contributed by atoms with Crippen LogP contribution in [0.25, 0.3) is 0 Å². The van der Waals surface area contributed by atoms with Gasteiger partial charge in [-0.3, -0.25) is 0 Å². The number of sulfonamides is 1. The largest absolute Gasteiger partial charge is 0.478 e. The molecule has 0 fully saturated rings. The maximum absolute atomic E-state index is 13.2. The molecular formula is C8H5F4NO4S. The van der Waals surface area contributed by atoms with Crippen LogP contribution in [0.3, 0.4) is 0 Å². The number of carbonyl (C=O) groups is 1. The van der Waals surface area contributed by atoms with Gasteiger partial charge in [-0.1, -0.05) is 0 Å². The molecule has 0 aliphatic heterocycles. The van der Waals surface area contributed by atoms with E-state index >= 15 is 0 Å². The van der Waals surface area contributed by atoms with Crippen molar-refractivity contribution in [2.75, 3.05) is 0 Å². The quantitative estimate of drug-likeness (QED) is 0.798. The van der Waals surface area contributed by atoms with E-state index in [-0.39, 0.29) is 12.1 Å². The number of benzene rings is 1. The van der Waals surface area contributed by atoms with Crippen LogP contribution < -0.4 is 5.14 Å². The molecule has 1 aromatic rings. The van der Waals surface area contributed by atoms with Crippen LogP contribution in [0.2, 0.25) is 0 Å². The van der Waals surface area contributed by atoms with Crippen molar-refractivity contribution in [2.45, 2.75) is 11.1 Å². The molecular weight excluding hydrogens is 282 g/mol. The molecule has 0 saturated carbocycles. The Labute approximate surface area is 97.9 Å². The molecule has 10 heteroatoms. The Kier molecular flexibility index (Phi) is 3.36. The lowest BCUT2D eigenvalue weighted by atomic mass is 10.1. The molecule has 1 aromatic carbocycles. The Morgan fingerprint density at radius 1 is 1.28 bits per heavy atom. The highest BCUT2D eigenvalue weighted by molar-refractivity contribution is 7.89. The number of carboxylic acids is 1. The van der Waals surface area contributed by atoms with Crippen LogP contribution in [0.15, 0.2) is 17.0 Å². The third kappa shape index (κ3) is 2.76. The molecule has 0 saturated heterocycles. The second-order valence-electron chi connectivity index (χ2n) is 3.18. The molecule has 0 bridgehead atoms. The first kappa shape index (κ1) is 14.4. The zero-order valence-corrected chi connectivity index (χ0v) is 9.14. The smallest absolute Gasteiger partial charge is 0.417 e. The topological polar surface area (TPSA) is 97.5 Å². The lowest BCUT2D eigenvalue weighted by molar-refractivity contribution is -0.138. The first-order valence-electron chi connectivity index (χ1n) is 4.11. The number of hydrogen-bond donors (Lipinski definition) is 2. The van der Waals surface area contributed by atoms with Crippen molar-refractivity contribution in [1.29, 1.82) is 0 Å². The van der Waals surface area contributed by atoms with Gasteiger partial charge in [-0.15, -0.1) is 0 Å². The number of alkyl halides is 3. The minimum atomic E-state index is -5.13. The number of rotatable bonds is 2. The van der Waals surface area contributed by atoms with E-state index in [0.29, 0.717) is 0 Å². The Morgan fingerprint density at radius 2 is 1.78 bits per heavy atom. The van der Waals surface area contributed by atoms with Crippen LogP contribution in [-0.4, -0.2) is 19.5 Å². The lowest BCUT2D eigenvalue weighted by Crippen LogP contribution is -2.19. The highest BCUT2D eigenvalue weighted by Gasteiger charge is 2.37. The molecule has 3 N–H and O–H groups in total. The summed E-state index contributed by atoms with van der Waals surface area (Å²) in [4.78, 5) is 9.29. The van der Waals surface area contributed by atoms with Gasteiger partial charge in [0.2, 0.25) is 10.0 Å². The molecule has 0 heterocycles. The van der Waals surface area contributed by atoms with Crippen molar-refractivity contribution in [3.8, 4) is 0 Å². The Bertz CT molecular complexity index is 608. The zero-order valence-electron chi connectivity index (χ0n) is 8.32. The van der Waals surface area contributed by atoms with E-state index in [1.165, 1.54) is 0 Å². The Balaban J connectivity index is 3.71. The Morgan fingerprint density at radius 3 is 2.11 bits per heavy atom. The summed E-state index contributed by atoms with van der Waals surface area (Å²) in [5, 5.41) is 13.1. The molecule has 0 aliphatic rings. The van der Waals surface area contributed by atoms with Crippen LogP contribution in [0, 0.1) is 5.82 Å². The summed E-state index contributed by atoms with van der Waals surface area (Å²) in [6.45, 7) is 0. The van der Waals surface area contributed by atoms with E-state index in [4.69, 9.17) is 5.11 Å². The summed E-state index contributed by atoms with van der Waals surface area (Å²) < 4.78 is 72.1. The molecule has 0 aliphatic carbocycles. The fourth-order valence-corrected chi connectivity index (χ4v) is 1.80. The lowest BCUT2D eigenvalue weighted by Gasteiger charge is -2.12. The first-order valence-corrected chi connectivity index (χ1v) is 5.66. The standard InChI is InChI=1S/C8H5F4NO4S/c9-5-2-4(8(10,11)12)3(7(14)15)1-6(5)18(13,16)17/h1-2H,(H,14,15)(H2,13,16,17). The summed E-state index contributed by atoms with van der Waals surface area (Å²) in [7, 11) is -4.66. The summed E-state index contributed by atoms with van der Waals surface area (Å²) in [6.07, 6.45) is -5.13. The van der Waals surface area contributed by atoms with Gasteiger partial charge in [-0.05, 0) is 12.1 Å². The normalized spacial score (nSPS) is 12.5. The van der Waals surface area contributed by atoms with Crippen LogP contribution in [0.4, 0.5) is 17.6 Å². The van der Waals surface area contributed by atoms with Gasteiger partial charge in [0, 0.05) is 0 Å². The maximum Gasteiger partial charge on any atom is 0.417 e. The van der Waals surface area contributed by atoms with Crippen LogP contribution >= 0.6 is 0 Å². The van der Waals surface area contributed by atoms with Crippen molar-refractivity contribution >= 4 is 16.0 Å². The van der Waals surface area contributed by atoms with Gasteiger partial charge in [0.25, 0.3) is 0 Å². The predicted octanol–water partition coefficient (Wildman–Crippen LogP) is 1.19. The summed E-state index contributed by atoms with van der Waals surface area (Å²) >= 11 is 0. The van der Waals surface area contributed by atoms with Crippen molar-refractivity contribution < 1.29 is 35.9 Å². The highest BCUT2D eigenvalue weighted by Crippen LogP contribution is 2.34. The number of halogens is 4. The van der Waals surface area contributed by atoms with Crippen LogP contribution in [0.5, 0.6) is 0 Å². The number of carboxylic acid groups (broad SMARTS) is 1. The minimum absolute atomic E-state index is 0.0375. The molecule has 0 aromatic heterocycles. The molecule has 0 amide bonds. The second kappa shape index (κ2) is 4.21. The first-order chi connectivity index (χ1) is 7.94. The average Bonchev–Trinajstić information content (AvgIpc) is 2.13. The van der Waals surface area contributed by atoms with E-state index in [1.54, 1.807) is 0 Å². The number of nitrogens with two attached hydrogens (primary N) is 1. The number of hydrogen-bond acceptors (Lipinski definition) is 3. The molecule has 0 atom stereocenters. The van der Waals surface area contributed by atoms with Gasteiger partial charge >= 0.3 is 12.1 Å². The predicted molar refractivity (Wildman–Crippen MR) is 49.7 cm³/mol. The molecule has 0 radical (unpaired) electrons. The third-order valence-electron chi connectivity index (χ3n) is 1.91. The van der Waals surface area contributed by atoms with E-state index in [9.17, 15) is 30.8 Å². The second-order valence-corrected chi connectivity index (χ2v) is 4.71. The number of aromatic carboxylic acids is 1. The maximum atomic E-state index is 13.2. The highest BCUT2D eigenvalue weighted by atomic mass is 32.2. The van der Waals surface area contributed by atoms with Gasteiger partial charge < -0.3 is 5.11 Å². The molecule has 0 unspecified atom stereocenters. The summed E-state index contributed by atoms with van der Waals surface area (Å²) in [5.41, 5.74) is -3.19. The molecule has 5 nitrogen and oxygen atoms in total. The number of primary sulfonamides is 1. The van der Waals surface area contributed by atoms with Gasteiger partial charge in [0.05, 0.1) is 11.1 Å². The van der Waals surface area contributed by atoms with E-state index < -0.39 is 44.0 Å². The average molecular weight is 287 g/mol. The fraction of sp³-hybridized carbons (Fsp3) is 0.125. The van der Waals surface area contributed by atoms with Crippen molar-refractivity contribution in [3.63, 3.8) is 0 Å². The van der Waals surface area contributed by atoms with Crippen LogP contribution in [0.1, 0.15) is 15.9 Å². The zero-order chi connectivity index (χ0) is 14.3. The molecule has 100 valence electrons. The van der Waals surface area contributed by atoms with E-state index in [2.05, 4.69) is 5.14 Å². The van der Waals surface area contributed by atoms with Crippen LogP contribution in [-0.2, 0) is 16.2 Å². The SMILES string of the molecule is NS(=O)(=O)c1cc(C(=O)O)c(C(F)(F)F)cc1F. The fourth-order valence-electron chi connectivity index (χ4n) is 1.18. The van der Waals surface area contributed by atoms with E-state index in [1.807, 2.05) is 0 Å². The monoisotopic (exact) mass is 287 g/mol. The van der Waals surface area contributed by atoms with Crippen molar-refractivity contribution in [2.24, 2.45) is 5.14 Å². The summed E-state index contributed by atoms with van der Waals surface area (Å²) in [6, 6.07) is -0.182. The van der Waals surface area contributed by atoms with Gasteiger partial charge in [0.15, 0.2) is 0 Å². The molecule has 18 heavy (non-hydrogen) atoms. The van der Waals surface area contributed by atoms with Gasteiger partial charge in [-0.2, -0.15) is 13.2 Å². The molecule has 1 rings (SSSR count). The molecule has 0 spiro atoms.